The van der Waals surface area contributed by atoms with Gasteiger partial charge in [0.05, 0.1) is 16.4 Å². The largest absolute Gasteiger partial charge is 0.546 e. The first-order valence-corrected chi connectivity index (χ1v) is 8.03. The maximum Gasteiger partial charge on any atom is 0.235 e. The van der Waals surface area contributed by atoms with Gasteiger partial charge in [-0.05, 0) is 19.1 Å². The normalized spacial score (nSPS) is 12.1. The van der Waals surface area contributed by atoms with E-state index in [0.29, 0.717) is 5.56 Å². The fraction of sp³-hybridized carbons (Fsp3) is 0.111. The lowest BCUT2D eigenvalue weighted by atomic mass is 10.1. The number of hydrogen-bond donors (Lipinski definition) is 0. The molecule has 2 aromatic carbocycles. The van der Waals surface area contributed by atoms with Gasteiger partial charge in [-0.25, -0.2) is 0 Å². The molecular weight excluding hydrogens is 367 g/mol. The van der Waals surface area contributed by atoms with Crippen LogP contribution in [0.4, 0.5) is 0 Å². The first-order chi connectivity index (χ1) is 11.9. The molecule has 1 aromatic heterocycles. The van der Waals surface area contributed by atoms with Gasteiger partial charge in [0.25, 0.3) is 0 Å². The monoisotopic (exact) mass is 377 g/mol. The number of aliphatic carboxylic acids is 1. The summed E-state index contributed by atoms with van der Waals surface area (Å²) in [5, 5.41) is 11.5. The molecule has 0 N–H and O–H groups in total. The van der Waals surface area contributed by atoms with Crippen molar-refractivity contribution in [1.82, 2.24) is 0 Å². The topological polar surface area (TPSA) is 79.6 Å². The molecule has 0 saturated heterocycles. The molecule has 0 fully saturated rings. The first kappa shape index (κ1) is 17.3. The second kappa shape index (κ2) is 6.78. The highest BCUT2D eigenvalue weighted by Crippen LogP contribution is 2.35. The molecular formula is C18H11Cl2O5-. The van der Waals surface area contributed by atoms with E-state index in [2.05, 4.69) is 0 Å². The zero-order chi connectivity index (χ0) is 18.1. The zero-order valence-corrected chi connectivity index (χ0v) is 14.4. The Morgan fingerprint density at radius 2 is 1.88 bits per heavy atom. The average molecular weight is 378 g/mol. The van der Waals surface area contributed by atoms with Crippen molar-refractivity contribution in [2.24, 2.45) is 0 Å². The Bertz CT molecular complexity index is 1010. The predicted octanol–water partition coefficient (Wildman–Crippen LogP) is 3.28. The Morgan fingerprint density at radius 1 is 1.20 bits per heavy atom. The number of halogens is 2. The van der Waals surface area contributed by atoms with Crippen LogP contribution in [0.25, 0.3) is 22.3 Å². The maximum atomic E-state index is 12.9. The van der Waals surface area contributed by atoms with Crippen LogP contribution in [0.1, 0.15) is 6.92 Å². The lowest BCUT2D eigenvalue weighted by Crippen LogP contribution is -2.38. The third kappa shape index (κ3) is 3.34. The highest BCUT2D eigenvalue weighted by atomic mass is 35.5. The van der Waals surface area contributed by atoms with E-state index in [9.17, 15) is 14.7 Å². The summed E-state index contributed by atoms with van der Waals surface area (Å²) in [5.41, 5.74) is 0.106. The summed E-state index contributed by atoms with van der Waals surface area (Å²) in [5.74, 6) is -1.62. The fourth-order valence-corrected chi connectivity index (χ4v) is 2.85. The van der Waals surface area contributed by atoms with E-state index in [-0.39, 0.29) is 32.5 Å². The molecule has 0 saturated carbocycles. The molecule has 3 rings (SSSR count). The number of fused-ring (bicyclic) bond motifs is 1. The Morgan fingerprint density at radius 3 is 2.52 bits per heavy atom. The van der Waals surface area contributed by atoms with Crippen LogP contribution in [0.3, 0.4) is 0 Å². The molecule has 128 valence electrons. The quantitative estimate of drug-likeness (QED) is 0.696. The van der Waals surface area contributed by atoms with Gasteiger partial charge in [-0.1, -0.05) is 53.5 Å². The molecule has 0 bridgehead atoms. The van der Waals surface area contributed by atoms with Crippen LogP contribution < -0.4 is 15.3 Å². The van der Waals surface area contributed by atoms with Gasteiger partial charge >= 0.3 is 0 Å². The molecule has 0 aliphatic heterocycles. The number of ether oxygens (including phenoxy) is 1. The Balaban J connectivity index is 2.35. The van der Waals surface area contributed by atoms with E-state index < -0.39 is 17.5 Å². The standard InChI is InChI=1S/C18H12Cl2O5/c1-9(18(22)23)24-17-14(21)12-7-11(19)8-13(20)16(12)25-15(17)10-5-3-2-4-6-10/h2-9H,1H3,(H,22,23)/p-1/t9-/m0/s1. The molecule has 5 nitrogen and oxygen atoms in total. The van der Waals surface area contributed by atoms with Crippen molar-refractivity contribution in [1.29, 1.82) is 0 Å². The van der Waals surface area contributed by atoms with Crippen LogP contribution in [-0.4, -0.2) is 12.1 Å². The minimum Gasteiger partial charge on any atom is -0.546 e. The van der Waals surface area contributed by atoms with Crippen molar-refractivity contribution in [3.8, 4) is 17.1 Å². The summed E-state index contributed by atoms with van der Waals surface area (Å²) < 4.78 is 11.1. The summed E-state index contributed by atoms with van der Waals surface area (Å²) in [6.07, 6.45) is -1.35. The number of carbonyl (C=O) groups is 1. The number of benzene rings is 2. The van der Waals surface area contributed by atoms with Gasteiger partial charge in [0, 0.05) is 10.6 Å². The zero-order valence-electron chi connectivity index (χ0n) is 12.9. The number of carbonyl (C=O) groups excluding carboxylic acids is 1. The SMILES string of the molecule is C[C@H](Oc1c(-c2ccccc2)oc2c(Cl)cc(Cl)cc2c1=O)C(=O)[O-]. The van der Waals surface area contributed by atoms with E-state index in [0.717, 1.165) is 0 Å². The average Bonchev–Trinajstić information content (AvgIpc) is 2.58. The Labute approximate surface area is 152 Å². The third-order valence-corrected chi connectivity index (χ3v) is 4.03. The minimum absolute atomic E-state index is 0.0791. The van der Waals surface area contributed by atoms with Crippen LogP contribution in [0.15, 0.2) is 51.7 Å². The smallest absolute Gasteiger partial charge is 0.235 e. The van der Waals surface area contributed by atoms with E-state index in [1.54, 1.807) is 30.3 Å². The maximum absolute atomic E-state index is 12.9. The van der Waals surface area contributed by atoms with Gasteiger partial charge in [0.1, 0.15) is 6.10 Å². The molecule has 25 heavy (non-hydrogen) atoms. The van der Waals surface area contributed by atoms with Crippen LogP contribution in [0.5, 0.6) is 5.75 Å². The van der Waals surface area contributed by atoms with E-state index in [1.165, 1.54) is 19.1 Å². The molecule has 0 spiro atoms. The van der Waals surface area contributed by atoms with Gasteiger partial charge in [-0.3, -0.25) is 4.79 Å². The highest BCUT2D eigenvalue weighted by Gasteiger charge is 2.21. The summed E-state index contributed by atoms with van der Waals surface area (Å²) >= 11 is 12.1. The lowest BCUT2D eigenvalue weighted by Gasteiger charge is -2.17. The molecule has 7 heteroatoms. The molecule has 3 aromatic rings. The van der Waals surface area contributed by atoms with Gasteiger partial charge < -0.3 is 19.1 Å². The van der Waals surface area contributed by atoms with Gasteiger partial charge in [0.15, 0.2) is 11.3 Å². The van der Waals surface area contributed by atoms with Crippen LogP contribution in [0.2, 0.25) is 10.0 Å². The molecule has 0 aliphatic carbocycles. The summed E-state index contributed by atoms with van der Waals surface area (Å²) in [6, 6.07) is 11.5. The van der Waals surface area contributed by atoms with Gasteiger partial charge in [-0.15, -0.1) is 0 Å². The van der Waals surface area contributed by atoms with Crippen molar-refractivity contribution in [3.63, 3.8) is 0 Å². The second-order valence-electron chi connectivity index (χ2n) is 5.30. The van der Waals surface area contributed by atoms with E-state index in [1.807, 2.05) is 0 Å². The van der Waals surface area contributed by atoms with Crippen molar-refractivity contribution < 1.29 is 19.1 Å². The van der Waals surface area contributed by atoms with E-state index in [4.69, 9.17) is 32.4 Å². The summed E-state index contributed by atoms with van der Waals surface area (Å²) in [7, 11) is 0. The first-order valence-electron chi connectivity index (χ1n) is 7.27. The number of carboxylic acids is 1. The highest BCUT2D eigenvalue weighted by molar-refractivity contribution is 6.38. The van der Waals surface area contributed by atoms with Crippen molar-refractivity contribution in [2.45, 2.75) is 13.0 Å². The van der Waals surface area contributed by atoms with Gasteiger partial charge in [0.2, 0.25) is 11.2 Å². The predicted molar refractivity (Wildman–Crippen MR) is 93.0 cm³/mol. The Kier molecular flexibility index (Phi) is 4.70. The molecule has 0 amide bonds. The van der Waals surface area contributed by atoms with Crippen molar-refractivity contribution >= 4 is 40.1 Å². The number of hydrogen-bond acceptors (Lipinski definition) is 5. The van der Waals surface area contributed by atoms with E-state index >= 15 is 0 Å². The van der Waals surface area contributed by atoms with Crippen LogP contribution >= 0.6 is 23.2 Å². The summed E-state index contributed by atoms with van der Waals surface area (Å²) in [4.78, 5) is 23.9. The second-order valence-corrected chi connectivity index (χ2v) is 6.14. The van der Waals surface area contributed by atoms with Crippen LogP contribution in [-0.2, 0) is 4.79 Å². The molecule has 1 atom stereocenters. The molecule has 0 radical (unpaired) electrons. The van der Waals surface area contributed by atoms with Crippen molar-refractivity contribution in [3.05, 3.63) is 62.7 Å². The third-order valence-electron chi connectivity index (χ3n) is 3.53. The molecule has 0 unspecified atom stereocenters. The Hall–Kier alpha value is -2.50. The van der Waals surface area contributed by atoms with Crippen LogP contribution in [0, 0.1) is 0 Å². The number of rotatable bonds is 4. The minimum atomic E-state index is -1.46. The number of carboxylic acid groups (broad SMARTS) is 1. The summed E-state index contributed by atoms with van der Waals surface area (Å²) in [6.45, 7) is 1.26. The van der Waals surface area contributed by atoms with Crippen molar-refractivity contribution in [2.75, 3.05) is 0 Å². The molecule has 1 heterocycles. The lowest BCUT2D eigenvalue weighted by molar-refractivity contribution is -0.312. The van der Waals surface area contributed by atoms with Gasteiger partial charge in [-0.2, -0.15) is 0 Å². The fourth-order valence-electron chi connectivity index (χ4n) is 2.32. The molecule has 0 aliphatic rings.